The lowest BCUT2D eigenvalue weighted by Gasteiger charge is -2.19. The molecule has 1 unspecified atom stereocenters. The third-order valence-electron chi connectivity index (χ3n) is 2.80. The average Bonchev–Trinajstić information content (AvgIpc) is 2.82. The fraction of sp³-hybridized carbons (Fsp3) is 0.786. The number of hydrogen-bond acceptors (Lipinski definition) is 3. The van der Waals surface area contributed by atoms with Crippen molar-refractivity contribution in [2.24, 2.45) is 0 Å². The molecular formula is C14H27N3S. The SMILES string of the molecule is CCCNC(CSCCC)c1nccn1CCC. The molecule has 0 fully saturated rings. The summed E-state index contributed by atoms with van der Waals surface area (Å²) in [6.45, 7) is 8.79. The molecule has 0 amide bonds. The van der Waals surface area contributed by atoms with E-state index in [2.05, 4.69) is 41.8 Å². The van der Waals surface area contributed by atoms with Crippen LogP contribution in [-0.4, -0.2) is 27.6 Å². The molecular weight excluding hydrogens is 242 g/mol. The maximum absolute atomic E-state index is 4.55. The first-order valence-corrected chi connectivity index (χ1v) is 8.31. The Morgan fingerprint density at radius 3 is 2.78 bits per heavy atom. The van der Waals surface area contributed by atoms with Crippen LogP contribution in [0.3, 0.4) is 0 Å². The molecule has 18 heavy (non-hydrogen) atoms. The topological polar surface area (TPSA) is 29.9 Å². The second-order valence-electron chi connectivity index (χ2n) is 4.56. The van der Waals surface area contributed by atoms with Crippen LogP contribution in [-0.2, 0) is 6.54 Å². The minimum Gasteiger partial charge on any atom is -0.334 e. The summed E-state index contributed by atoms with van der Waals surface area (Å²) in [5, 5.41) is 3.63. The van der Waals surface area contributed by atoms with E-state index in [0.29, 0.717) is 6.04 Å². The van der Waals surface area contributed by atoms with Gasteiger partial charge >= 0.3 is 0 Å². The third kappa shape index (κ3) is 5.02. The Hall–Kier alpha value is -0.480. The molecule has 1 heterocycles. The maximum Gasteiger partial charge on any atom is 0.126 e. The van der Waals surface area contributed by atoms with Crippen molar-refractivity contribution in [3.63, 3.8) is 0 Å². The lowest BCUT2D eigenvalue weighted by Crippen LogP contribution is -2.27. The van der Waals surface area contributed by atoms with E-state index in [9.17, 15) is 0 Å². The predicted molar refractivity (Wildman–Crippen MR) is 81.2 cm³/mol. The van der Waals surface area contributed by atoms with Crippen LogP contribution in [0.25, 0.3) is 0 Å². The smallest absolute Gasteiger partial charge is 0.126 e. The number of rotatable bonds is 10. The Morgan fingerprint density at radius 1 is 1.28 bits per heavy atom. The van der Waals surface area contributed by atoms with Gasteiger partial charge in [0.1, 0.15) is 5.82 Å². The molecule has 1 aromatic rings. The Morgan fingerprint density at radius 2 is 2.11 bits per heavy atom. The molecule has 0 bridgehead atoms. The third-order valence-corrected chi connectivity index (χ3v) is 4.06. The zero-order valence-electron chi connectivity index (χ0n) is 12.0. The van der Waals surface area contributed by atoms with Gasteiger partial charge in [0.15, 0.2) is 0 Å². The standard InChI is InChI=1S/C14H27N3S/c1-4-7-15-13(12-18-11-6-3)14-16-8-10-17(14)9-5-2/h8,10,13,15H,4-7,9,11-12H2,1-3H3. The molecule has 104 valence electrons. The Balaban J connectivity index is 2.63. The first kappa shape index (κ1) is 15.6. The normalized spacial score (nSPS) is 12.8. The van der Waals surface area contributed by atoms with Gasteiger partial charge in [-0.2, -0.15) is 11.8 Å². The minimum atomic E-state index is 0.392. The lowest BCUT2D eigenvalue weighted by molar-refractivity contribution is 0.513. The number of aromatic nitrogens is 2. The van der Waals surface area contributed by atoms with E-state index in [1.54, 1.807) is 0 Å². The molecule has 1 rings (SSSR count). The summed E-state index contributed by atoms with van der Waals surface area (Å²) in [4.78, 5) is 4.55. The highest BCUT2D eigenvalue weighted by molar-refractivity contribution is 7.99. The van der Waals surface area contributed by atoms with Gasteiger partial charge in [0.05, 0.1) is 6.04 Å². The zero-order chi connectivity index (χ0) is 13.2. The minimum absolute atomic E-state index is 0.392. The fourth-order valence-electron chi connectivity index (χ4n) is 1.95. The lowest BCUT2D eigenvalue weighted by atomic mass is 10.3. The van der Waals surface area contributed by atoms with Gasteiger partial charge in [0.2, 0.25) is 0 Å². The fourth-order valence-corrected chi connectivity index (χ4v) is 2.91. The Kier molecular flexibility index (Phi) is 8.18. The molecule has 1 aromatic heterocycles. The molecule has 0 aliphatic heterocycles. The highest BCUT2D eigenvalue weighted by Crippen LogP contribution is 2.18. The summed E-state index contributed by atoms with van der Waals surface area (Å²) in [7, 11) is 0. The van der Waals surface area contributed by atoms with Crippen molar-refractivity contribution < 1.29 is 0 Å². The average molecular weight is 269 g/mol. The van der Waals surface area contributed by atoms with Crippen LogP contribution in [0.5, 0.6) is 0 Å². The highest BCUT2D eigenvalue weighted by Gasteiger charge is 2.15. The zero-order valence-corrected chi connectivity index (χ0v) is 12.8. The molecule has 0 spiro atoms. The van der Waals surface area contributed by atoms with E-state index in [-0.39, 0.29) is 0 Å². The van der Waals surface area contributed by atoms with Crippen LogP contribution in [0, 0.1) is 0 Å². The van der Waals surface area contributed by atoms with E-state index in [4.69, 9.17) is 0 Å². The van der Waals surface area contributed by atoms with Gasteiger partial charge in [0, 0.05) is 24.7 Å². The summed E-state index contributed by atoms with van der Waals surface area (Å²) in [5.74, 6) is 3.56. The number of nitrogens with zero attached hydrogens (tertiary/aromatic N) is 2. The summed E-state index contributed by atoms with van der Waals surface area (Å²) >= 11 is 2.02. The number of hydrogen-bond donors (Lipinski definition) is 1. The van der Waals surface area contributed by atoms with Crippen molar-refractivity contribution in [1.29, 1.82) is 0 Å². The summed E-state index contributed by atoms with van der Waals surface area (Å²) in [6.07, 6.45) is 7.60. The van der Waals surface area contributed by atoms with E-state index in [0.717, 1.165) is 25.3 Å². The van der Waals surface area contributed by atoms with E-state index < -0.39 is 0 Å². The summed E-state index contributed by atoms with van der Waals surface area (Å²) in [5.41, 5.74) is 0. The highest BCUT2D eigenvalue weighted by atomic mass is 32.2. The van der Waals surface area contributed by atoms with Gasteiger partial charge in [0.25, 0.3) is 0 Å². The van der Waals surface area contributed by atoms with Crippen LogP contribution < -0.4 is 5.32 Å². The van der Waals surface area contributed by atoms with Gasteiger partial charge in [-0.25, -0.2) is 4.98 Å². The molecule has 1 atom stereocenters. The van der Waals surface area contributed by atoms with Gasteiger partial charge in [-0.05, 0) is 31.6 Å². The van der Waals surface area contributed by atoms with Crippen LogP contribution in [0.15, 0.2) is 12.4 Å². The second-order valence-corrected chi connectivity index (χ2v) is 5.71. The van der Waals surface area contributed by atoms with E-state index in [1.807, 2.05) is 18.0 Å². The Bertz CT molecular complexity index is 312. The van der Waals surface area contributed by atoms with Crippen LogP contribution >= 0.6 is 11.8 Å². The number of imidazole rings is 1. The molecule has 0 aromatic carbocycles. The van der Waals surface area contributed by atoms with Crippen molar-refractivity contribution >= 4 is 11.8 Å². The molecule has 0 aliphatic rings. The monoisotopic (exact) mass is 269 g/mol. The quantitative estimate of drug-likeness (QED) is 0.660. The van der Waals surface area contributed by atoms with Crippen LogP contribution in [0.4, 0.5) is 0 Å². The van der Waals surface area contributed by atoms with E-state index >= 15 is 0 Å². The van der Waals surface area contributed by atoms with Crippen molar-refractivity contribution in [3.05, 3.63) is 18.2 Å². The Labute approximate surface area is 116 Å². The van der Waals surface area contributed by atoms with Gasteiger partial charge < -0.3 is 9.88 Å². The number of aryl methyl sites for hydroxylation is 1. The second kappa shape index (κ2) is 9.45. The largest absolute Gasteiger partial charge is 0.334 e. The molecule has 4 heteroatoms. The van der Waals surface area contributed by atoms with Gasteiger partial charge in [-0.1, -0.05) is 20.8 Å². The molecule has 0 aliphatic carbocycles. The van der Waals surface area contributed by atoms with Gasteiger partial charge in [-0.15, -0.1) is 0 Å². The molecule has 1 N–H and O–H groups in total. The molecule has 0 saturated heterocycles. The molecule has 3 nitrogen and oxygen atoms in total. The van der Waals surface area contributed by atoms with Crippen LogP contribution in [0.2, 0.25) is 0 Å². The summed E-state index contributed by atoms with van der Waals surface area (Å²) in [6, 6.07) is 0.392. The van der Waals surface area contributed by atoms with Crippen LogP contribution in [0.1, 0.15) is 51.9 Å². The number of thioether (sulfide) groups is 1. The van der Waals surface area contributed by atoms with Crippen molar-refractivity contribution in [3.8, 4) is 0 Å². The maximum atomic E-state index is 4.55. The van der Waals surface area contributed by atoms with Crippen molar-refractivity contribution in [2.75, 3.05) is 18.1 Å². The van der Waals surface area contributed by atoms with Gasteiger partial charge in [-0.3, -0.25) is 0 Å². The van der Waals surface area contributed by atoms with Crippen molar-refractivity contribution in [2.45, 2.75) is 52.6 Å². The predicted octanol–water partition coefficient (Wildman–Crippen LogP) is 3.48. The number of nitrogens with one attached hydrogen (secondary N) is 1. The molecule has 0 saturated carbocycles. The summed E-state index contributed by atoms with van der Waals surface area (Å²) < 4.78 is 2.29. The first-order chi connectivity index (χ1) is 8.83. The van der Waals surface area contributed by atoms with Crippen molar-refractivity contribution in [1.82, 2.24) is 14.9 Å². The van der Waals surface area contributed by atoms with E-state index in [1.165, 1.54) is 24.4 Å². The molecule has 0 radical (unpaired) electrons. The first-order valence-electron chi connectivity index (χ1n) is 7.15.